The molecule has 0 atom stereocenters. The van der Waals surface area contributed by atoms with Gasteiger partial charge in [0.2, 0.25) is 0 Å². The van der Waals surface area contributed by atoms with Gasteiger partial charge in [-0.15, -0.1) is 0 Å². The summed E-state index contributed by atoms with van der Waals surface area (Å²) in [6, 6.07) is 14.0. The maximum atomic E-state index is 12.7. The number of hydrogen-bond acceptors (Lipinski definition) is 2. The van der Waals surface area contributed by atoms with Crippen LogP contribution in [0.4, 0.5) is 13.2 Å². The Kier molecular flexibility index (Phi) is 3.62. The number of imidazole rings is 1. The number of hydrogen-bond donors (Lipinski definition) is 1. The third-order valence-corrected chi connectivity index (χ3v) is 3.29. The van der Waals surface area contributed by atoms with E-state index in [0.717, 1.165) is 17.6 Å². The summed E-state index contributed by atoms with van der Waals surface area (Å²) >= 11 is 0. The summed E-state index contributed by atoms with van der Waals surface area (Å²) in [4.78, 5) is 7.27. The van der Waals surface area contributed by atoms with Crippen molar-refractivity contribution in [3.8, 4) is 6.07 Å². The van der Waals surface area contributed by atoms with Crippen molar-refractivity contribution in [3.63, 3.8) is 0 Å². The number of aromatic nitrogens is 2. The van der Waals surface area contributed by atoms with Crippen LogP contribution in [0.5, 0.6) is 0 Å². The molecule has 0 spiro atoms. The first-order valence-corrected chi connectivity index (χ1v) is 6.71. The van der Waals surface area contributed by atoms with Crippen LogP contribution in [0.1, 0.15) is 17.0 Å². The van der Waals surface area contributed by atoms with Gasteiger partial charge in [-0.2, -0.15) is 18.4 Å². The number of nitrogens with one attached hydrogen (secondary N) is 1. The summed E-state index contributed by atoms with van der Waals surface area (Å²) < 4.78 is 38.2. The third-order valence-electron chi connectivity index (χ3n) is 3.29. The van der Waals surface area contributed by atoms with E-state index in [9.17, 15) is 18.4 Å². The largest absolute Gasteiger partial charge is 0.416 e. The van der Waals surface area contributed by atoms with Crippen LogP contribution in [0.2, 0.25) is 0 Å². The van der Waals surface area contributed by atoms with E-state index in [1.165, 1.54) is 18.2 Å². The Morgan fingerprint density at radius 2 is 1.91 bits per heavy atom. The third kappa shape index (κ3) is 3.09. The molecular weight excluding hydrogens is 303 g/mol. The molecular formula is C17H10F3N3. The number of rotatable bonds is 2. The van der Waals surface area contributed by atoms with Crippen LogP contribution in [-0.4, -0.2) is 9.97 Å². The number of benzene rings is 2. The molecule has 0 aliphatic heterocycles. The summed E-state index contributed by atoms with van der Waals surface area (Å²) in [5.41, 5.74) is 1.14. The first-order chi connectivity index (χ1) is 11.0. The number of nitrogens with zero attached hydrogens (tertiary/aromatic N) is 2. The molecule has 0 saturated carbocycles. The average molecular weight is 313 g/mol. The van der Waals surface area contributed by atoms with Crippen molar-refractivity contribution in [2.45, 2.75) is 6.18 Å². The second-order valence-corrected chi connectivity index (χ2v) is 4.90. The van der Waals surface area contributed by atoms with E-state index in [1.54, 1.807) is 6.07 Å². The molecule has 3 nitrogen and oxygen atoms in total. The van der Waals surface area contributed by atoms with Crippen LogP contribution in [0.25, 0.3) is 22.7 Å². The van der Waals surface area contributed by atoms with Crippen molar-refractivity contribution in [1.82, 2.24) is 9.97 Å². The van der Waals surface area contributed by atoms with Gasteiger partial charge in [-0.25, -0.2) is 4.98 Å². The van der Waals surface area contributed by atoms with E-state index in [2.05, 4.69) is 9.97 Å². The molecule has 0 saturated heterocycles. The van der Waals surface area contributed by atoms with Crippen molar-refractivity contribution < 1.29 is 13.2 Å². The highest BCUT2D eigenvalue weighted by atomic mass is 19.4. The minimum Gasteiger partial charge on any atom is -0.337 e. The van der Waals surface area contributed by atoms with Gasteiger partial charge in [0, 0.05) is 0 Å². The van der Waals surface area contributed by atoms with Crippen LogP contribution in [0, 0.1) is 11.3 Å². The molecule has 1 aromatic heterocycles. The fraction of sp³-hybridized carbons (Fsp3) is 0.0588. The lowest BCUT2D eigenvalue weighted by Crippen LogP contribution is -2.04. The fourth-order valence-electron chi connectivity index (χ4n) is 2.21. The number of fused-ring (bicyclic) bond motifs is 1. The molecule has 3 rings (SSSR count). The zero-order chi connectivity index (χ0) is 16.4. The van der Waals surface area contributed by atoms with E-state index in [0.29, 0.717) is 11.3 Å². The van der Waals surface area contributed by atoms with Crippen molar-refractivity contribution in [2.75, 3.05) is 0 Å². The minimum atomic E-state index is -4.42. The molecule has 0 unspecified atom stereocenters. The number of aromatic amines is 1. The number of halogens is 3. The molecule has 0 amide bonds. The van der Waals surface area contributed by atoms with Gasteiger partial charge in [0.25, 0.3) is 0 Å². The Labute approximate surface area is 129 Å². The zero-order valence-corrected chi connectivity index (χ0v) is 11.7. The summed E-state index contributed by atoms with van der Waals surface area (Å²) in [5, 5.41) is 9.29. The molecule has 1 N–H and O–H groups in total. The standard InChI is InChI=1S/C17H10F3N3/c18-17(19,20)13-5-3-4-11(9-13)8-12(10-21)16-22-14-6-1-2-7-15(14)23-16/h1-9H,(H,22,23)/b12-8-. The number of alkyl halides is 3. The topological polar surface area (TPSA) is 52.5 Å². The van der Waals surface area contributed by atoms with Gasteiger partial charge in [0.1, 0.15) is 11.9 Å². The minimum absolute atomic E-state index is 0.167. The summed E-state index contributed by atoms with van der Waals surface area (Å²) in [5.74, 6) is 0.325. The molecule has 23 heavy (non-hydrogen) atoms. The highest BCUT2D eigenvalue weighted by Gasteiger charge is 2.30. The first kappa shape index (κ1) is 14.9. The smallest absolute Gasteiger partial charge is 0.337 e. The Morgan fingerprint density at radius 3 is 2.61 bits per heavy atom. The fourth-order valence-corrected chi connectivity index (χ4v) is 2.21. The molecule has 0 aliphatic carbocycles. The molecule has 0 bridgehead atoms. The monoisotopic (exact) mass is 313 g/mol. The van der Waals surface area contributed by atoms with Crippen LogP contribution in [0.3, 0.4) is 0 Å². The van der Waals surface area contributed by atoms with Gasteiger partial charge in [-0.1, -0.05) is 24.3 Å². The normalized spacial score (nSPS) is 12.3. The van der Waals surface area contributed by atoms with Crippen LogP contribution in [-0.2, 0) is 6.18 Å². The second kappa shape index (κ2) is 5.61. The van der Waals surface area contributed by atoms with Gasteiger partial charge in [-0.3, -0.25) is 0 Å². The lowest BCUT2D eigenvalue weighted by molar-refractivity contribution is -0.137. The number of allylic oxidation sites excluding steroid dienone is 1. The summed E-state index contributed by atoms with van der Waals surface area (Å²) in [7, 11) is 0. The molecule has 114 valence electrons. The zero-order valence-electron chi connectivity index (χ0n) is 11.7. The Morgan fingerprint density at radius 1 is 1.13 bits per heavy atom. The van der Waals surface area contributed by atoms with Gasteiger partial charge < -0.3 is 4.98 Å². The maximum absolute atomic E-state index is 12.7. The SMILES string of the molecule is N#C/C(=C/c1cccc(C(F)(F)F)c1)c1nc2ccccc2[nH]1. The lowest BCUT2D eigenvalue weighted by Gasteiger charge is -2.06. The van der Waals surface area contributed by atoms with Gasteiger partial charge in [0.15, 0.2) is 0 Å². The Hall–Kier alpha value is -3.07. The van der Waals surface area contributed by atoms with E-state index in [4.69, 9.17) is 0 Å². The molecule has 6 heteroatoms. The molecule has 1 heterocycles. The second-order valence-electron chi connectivity index (χ2n) is 4.90. The Balaban J connectivity index is 2.04. The van der Waals surface area contributed by atoms with Gasteiger partial charge in [-0.05, 0) is 35.9 Å². The van der Waals surface area contributed by atoms with Gasteiger partial charge >= 0.3 is 6.18 Å². The van der Waals surface area contributed by atoms with E-state index in [-0.39, 0.29) is 11.1 Å². The van der Waals surface area contributed by atoms with E-state index < -0.39 is 11.7 Å². The van der Waals surface area contributed by atoms with Crippen LogP contribution < -0.4 is 0 Å². The molecule has 0 radical (unpaired) electrons. The summed E-state index contributed by atoms with van der Waals surface area (Å²) in [6.45, 7) is 0. The molecule has 0 fully saturated rings. The maximum Gasteiger partial charge on any atom is 0.416 e. The van der Waals surface area contributed by atoms with E-state index >= 15 is 0 Å². The quantitative estimate of drug-likeness (QED) is 0.700. The van der Waals surface area contributed by atoms with Crippen LogP contribution >= 0.6 is 0 Å². The highest BCUT2D eigenvalue weighted by Crippen LogP contribution is 2.30. The predicted molar refractivity (Wildman–Crippen MR) is 81.0 cm³/mol. The summed E-state index contributed by atoms with van der Waals surface area (Å²) in [6.07, 6.45) is -3.04. The molecule has 0 aliphatic rings. The first-order valence-electron chi connectivity index (χ1n) is 6.71. The Bertz CT molecular complexity index is 897. The van der Waals surface area contributed by atoms with Crippen molar-refractivity contribution in [2.24, 2.45) is 0 Å². The number of para-hydroxylation sites is 2. The van der Waals surface area contributed by atoms with Gasteiger partial charge in [0.05, 0.1) is 22.2 Å². The van der Waals surface area contributed by atoms with Crippen molar-refractivity contribution >= 4 is 22.7 Å². The average Bonchev–Trinajstić information content (AvgIpc) is 2.96. The number of nitriles is 1. The van der Waals surface area contributed by atoms with Crippen LogP contribution in [0.15, 0.2) is 48.5 Å². The van der Waals surface area contributed by atoms with E-state index in [1.807, 2.05) is 24.3 Å². The number of H-pyrrole nitrogens is 1. The van der Waals surface area contributed by atoms with Crippen molar-refractivity contribution in [1.29, 1.82) is 5.26 Å². The molecule has 3 aromatic rings. The highest BCUT2D eigenvalue weighted by molar-refractivity contribution is 5.90. The molecule has 2 aromatic carbocycles. The lowest BCUT2D eigenvalue weighted by atomic mass is 10.1. The van der Waals surface area contributed by atoms with Crippen molar-refractivity contribution in [3.05, 3.63) is 65.5 Å². The predicted octanol–water partition coefficient (Wildman–Crippen LogP) is 4.65.